The topological polar surface area (TPSA) is 69.6 Å². The molecule has 3 aliphatic rings. The summed E-state index contributed by atoms with van der Waals surface area (Å²) in [6.07, 6.45) is 5.05. The Labute approximate surface area is 95.0 Å². The van der Waals surface area contributed by atoms with Gasteiger partial charge in [-0.3, -0.25) is 4.79 Å². The minimum Gasteiger partial charge on any atom is -0.481 e. The van der Waals surface area contributed by atoms with Crippen molar-refractivity contribution < 1.29 is 15.0 Å². The molecule has 3 atom stereocenters. The lowest BCUT2D eigenvalue weighted by molar-refractivity contribution is -0.166. The number of nitrogens with one attached hydrogen (secondary N) is 1. The van der Waals surface area contributed by atoms with Crippen LogP contribution in [-0.4, -0.2) is 34.4 Å². The first-order valence-electron chi connectivity index (χ1n) is 6.28. The summed E-state index contributed by atoms with van der Waals surface area (Å²) < 4.78 is 0. The van der Waals surface area contributed by atoms with E-state index in [0.29, 0.717) is 25.2 Å². The first kappa shape index (κ1) is 10.5. The quantitative estimate of drug-likeness (QED) is 0.648. The summed E-state index contributed by atoms with van der Waals surface area (Å²) in [4.78, 5) is 11.4. The van der Waals surface area contributed by atoms with E-state index in [-0.39, 0.29) is 6.04 Å². The highest BCUT2D eigenvalue weighted by Crippen LogP contribution is 2.60. The second-order valence-corrected chi connectivity index (χ2v) is 5.75. The van der Waals surface area contributed by atoms with Gasteiger partial charge in [0.1, 0.15) is 0 Å². The van der Waals surface area contributed by atoms with Crippen LogP contribution in [0.2, 0.25) is 0 Å². The lowest BCUT2D eigenvalue weighted by Gasteiger charge is -2.49. The maximum Gasteiger partial charge on any atom is 0.312 e. The van der Waals surface area contributed by atoms with E-state index in [9.17, 15) is 15.0 Å². The number of hydrogen-bond donors (Lipinski definition) is 3. The molecule has 0 aromatic heterocycles. The van der Waals surface area contributed by atoms with Gasteiger partial charge in [0.15, 0.2) is 0 Å². The molecule has 3 unspecified atom stereocenters. The molecule has 2 saturated carbocycles. The zero-order chi connectivity index (χ0) is 11.4. The third-order valence-corrected chi connectivity index (χ3v) is 5.01. The van der Waals surface area contributed by atoms with E-state index >= 15 is 0 Å². The number of carboxylic acid groups (broad SMARTS) is 1. The monoisotopic (exact) mass is 225 g/mol. The Bertz CT molecular complexity index is 326. The fourth-order valence-electron chi connectivity index (χ4n) is 3.75. The average Bonchev–Trinajstić information content (AvgIpc) is 3.06. The van der Waals surface area contributed by atoms with E-state index in [4.69, 9.17) is 0 Å². The largest absolute Gasteiger partial charge is 0.481 e. The van der Waals surface area contributed by atoms with Gasteiger partial charge >= 0.3 is 5.97 Å². The van der Waals surface area contributed by atoms with E-state index in [0.717, 1.165) is 19.4 Å². The Hall–Kier alpha value is -0.610. The van der Waals surface area contributed by atoms with Gasteiger partial charge in [0.2, 0.25) is 0 Å². The predicted octanol–water partition coefficient (Wildman–Crippen LogP) is 0.744. The van der Waals surface area contributed by atoms with Crippen molar-refractivity contribution in [3.8, 4) is 0 Å². The highest BCUT2D eigenvalue weighted by Gasteiger charge is 2.68. The van der Waals surface area contributed by atoms with Crippen LogP contribution in [0.15, 0.2) is 0 Å². The van der Waals surface area contributed by atoms with Gasteiger partial charge in [-0.25, -0.2) is 0 Å². The second-order valence-electron chi connectivity index (χ2n) is 5.75. The zero-order valence-corrected chi connectivity index (χ0v) is 9.41. The van der Waals surface area contributed by atoms with Crippen LogP contribution in [0.1, 0.15) is 38.5 Å². The van der Waals surface area contributed by atoms with Crippen LogP contribution in [0, 0.1) is 11.3 Å². The molecule has 2 aliphatic carbocycles. The molecule has 90 valence electrons. The molecule has 0 aromatic carbocycles. The molecule has 4 nitrogen and oxygen atoms in total. The number of piperidine rings is 1. The molecule has 1 saturated heterocycles. The predicted molar refractivity (Wildman–Crippen MR) is 58.0 cm³/mol. The summed E-state index contributed by atoms with van der Waals surface area (Å²) in [5.41, 5.74) is -1.84. The zero-order valence-electron chi connectivity index (χ0n) is 9.41. The highest BCUT2D eigenvalue weighted by atomic mass is 16.4. The Morgan fingerprint density at radius 3 is 2.62 bits per heavy atom. The maximum atomic E-state index is 11.4. The second kappa shape index (κ2) is 3.20. The Kier molecular flexibility index (Phi) is 2.11. The summed E-state index contributed by atoms with van der Waals surface area (Å²) in [5, 5.41) is 23.5. The summed E-state index contributed by atoms with van der Waals surface area (Å²) in [7, 11) is 0. The minimum absolute atomic E-state index is 0.00130. The molecule has 0 spiro atoms. The van der Waals surface area contributed by atoms with E-state index < -0.39 is 17.0 Å². The third-order valence-electron chi connectivity index (χ3n) is 5.01. The summed E-state index contributed by atoms with van der Waals surface area (Å²) in [6, 6.07) is -0.00130. The van der Waals surface area contributed by atoms with E-state index in [2.05, 4.69) is 5.32 Å². The van der Waals surface area contributed by atoms with E-state index in [1.54, 1.807) is 0 Å². The maximum absolute atomic E-state index is 11.4. The minimum atomic E-state index is -1.00. The lowest BCUT2D eigenvalue weighted by Crippen LogP contribution is -2.63. The molecule has 0 radical (unpaired) electrons. The van der Waals surface area contributed by atoms with Gasteiger partial charge in [0, 0.05) is 6.04 Å². The summed E-state index contributed by atoms with van der Waals surface area (Å²) in [5.74, 6) is -0.114. The van der Waals surface area contributed by atoms with Crippen molar-refractivity contribution in [1.29, 1.82) is 0 Å². The van der Waals surface area contributed by atoms with Gasteiger partial charge in [-0.05, 0) is 51.0 Å². The standard InChI is InChI=1S/C12H19NO3/c14-10(15)11(4-5-11)12(16)3-1-8-2-6-13-9(12)7-8/h8-9,13,16H,1-7H2,(H,14,15). The van der Waals surface area contributed by atoms with Crippen LogP contribution in [0.3, 0.4) is 0 Å². The van der Waals surface area contributed by atoms with Crippen molar-refractivity contribution in [2.75, 3.05) is 6.54 Å². The number of carbonyl (C=O) groups is 1. The summed E-state index contributed by atoms with van der Waals surface area (Å²) >= 11 is 0. The SMILES string of the molecule is O=C(O)C1(C2(O)CCC3CCNC2C3)CC1. The number of rotatable bonds is 2. The van der Waals surface area contributed by atoms with Crippen molar-refractivity contribution >= 4 is 5.97 Å². The van der Waals surface area contributed by atoms with Gasteiger partial charge in [0.25, 0.3) is 0 Å². The molecular weight excluding hydrogens is 206 g/mol. The van der Waals surface area contributed by atoms with Crippen molar-refractivity contribution in [3.05, 3.63) is 0 Å². The Morgan fingerprint density at radius 1 is 1.25 bits per heavy atom. The van der Waals surface area contributed by atoms with Crippen molar-refractivity contribution in [1.82, 2.24) is 5.32 Å². The van der Waals surface area contributed by atoms with Gasteiger partial charge in [-0.1, -0.05) is 0 Å². The number of aliphatic carboxylic acids is 1. The normalized spacial score (nSPS) is 45.1. The molecule has 3 N–H and O–H groups in total. The van der Waals surface area contributed by atoms with Gasteiger partial charge in [0.05, 0.1) is 11.0 Å². The van der Waals surface area contributed by atoms with Crippen LogP contribution in [-0.2, 0) is 4.79 Å². The van der Waals surface area contributed by atoms with Crippen LogP contribution < -0.4 is 5.32 Å². The Morgan fingerprint density at radius 2 is 2.00 bits per heavy atom. The number of carboxylic acids is 1. The Balaban J connectivity index is 1.89. The number of fused-ring (bicyclic) bond motifs is 2. The summed E-state index contributed by atoms with van der Waals surface area (Å²) in [6.45, 7) is 0.924. The average molecular weight is 225 g/mol. The van der Waals surface area contributed by atoms with Crippen LogP contribution in [0.4, 0.5) is 0 Å². The molecule has 1 heterocycles. The van der Waals surface area contributed by atoms with Crippen molar-refractivity contribution in [2.24, 2.45) is 11.3 Å². The number of hydrogen-bond acceptors (Lipinski definition) is 3. The van der Waals surface area contributed by atoms with E-state index in [1.165, 1.54) is 6.42 Å². The van der Waals surface area contributed by atoms with Crippen molar-refractivity contribution in [3.63, 3.8) is 0 Å². The van der Waals surface area contributed by atoms with E-state index in [1.807, 2.05) is 0 Å². The fraction of sp³-hybridized carbons (Fsp3) is 0.917. The number of aliphatic hydroxyl groups is 1. The van der Waals surface area contributed by atoms with Crippen molar-refractivity contribution in [2.45, 2.75) is 50.2 Å². The van der Waals surface area contributed by atoms with Gasteiger partial charge in [-0.15, -0.1) is 0 Å². The first-order chi connectivity index (χ1) is 7.58. The molecule has 2 bridgehead atoms. The molecule has 0 aromatic rings. The first-order valence-corrected chi connectivity index (χ1v) is 6.28. The smallest absolute Gasteiger partial charge is 0.312 e. The fourth-order valence-corrected chi connectivity index (χ4v) is 3.75. The van der Waals surface area contributed by atoms with Crippen LogP contribution >= 0.6 is 0 Å². The molecule has 16 heavy (non-hydrogen) atoms. The molecule has 3 rings (SSSR count). The van der Waals surface area contributed by atoms with Crippen LogP contribution in [0.25, 0.3) is 0 Å². The van der Waals surface area contributed by atoms with Gasteiger partial charge < -0.3 is 15.5 Å². The molecule has 0 amide bonds. The molecule has 1 aliphatic heterocycles. The van der Waals surface area contributed by atoms with Gasteiger partial charge in [-0.2, -0.15) is 0 Å². The highest BCUT2D eigenvalue weighted by molar-refractivity contribution is 5.80. The molecule has 3 fully saturated rings. The van der Waals surface area contributed by atoms with Crippen LogP contribution in [0.5, 0.6) is 0 Å². The lowest BCUT2D eigenvalue weighted by atomic mass is 9.65. The molecule has 4 heteroatoms. The molecular formula is C12H19NO3. The third kappa shape index (κ3) is 1.20.